The van der Waals surface area contributed by atoms with Gasteiger partial charge in [0.1, 0.15) is 22.9 Å². The number of carbonyl (C=O) groups excluding carboxylic acids is 1. The van der Waals surface area contributed by atoms with E-state index in [1.165, 1.54) is 0 Å². The lowest BCUT2D eigenvalue weighted by Gasteiger charge is -2.39. The van der Waals surface area contributed by atoms with Crippen molar-refractivity contribution in [2.24, 2.45) is 0 Å². The number of anilines is 3. The van der Waals surface area contributed by atoms with Crippen molar-refractivity contribution >= 4 is 23.1 Å². The van der Waals surface area contributed by atoms with Gasteiger partial charge in [-0.2, -0.15) is 0 Å². The van der Waals surface area contributed by atoms with E-state index in [4.69, 9.17) is 5.73 Å². The monoisotopic (exact) mass is 366 g/mol. The van der Waals surface area contributed by atoms with Gasteiger partial charge in [-0.1, -0.05) is 0 Å². The molecule has 0 atom stereocenters. The molecule has 140 valence electrons. The fourth-order valence-electron chi connectivity index (χ4n) is 4.62. The Morgan fingerprint density at radius 3 is 2.74 bits per heavy atom. The molecule has 2 aromatic rings. The minimum absolute atomic E-state index is 0.144. The minimum Gasteiger partial charge on any atom is -0.384 e. The number of nitrogen functional groups attached to an aromatic ring is 1. The van der Waals surface area contributed by atoms with Gasteiger partial charge >= 0.3 is 0 Å². The highest BCUT2D eigenvalue weighted by Crippen LogP contribution is 2.39. The highest BCUT2D eigenvalue weighted by Gasteiger charge is 2.47. The van der Waals surface area contributed by atoms with Crippen molar-refractivity contribution in [3.63, 3.8) is 0 Å². The van der Waals surface area contributed by atoms with Crippen LogP contribution in [-0.2, 0) is 12.1 Å². The number of nitrogens with two attached hydrogens (primary N) is 1. The predicted molar refractivity (Wildman–Crippen MR) is 102 cm³/mol. The van der Waals surface area contributed by atoms with E-state index in [2.05, 4.69) is 27.6 Å². The number of nitrogens with one attached hydrogen (secondary N) is 2. The van der Waals surface area contributed by atoms with E-state index in [9.17, 15) is 9.59 Å². The van der Waals surface area contributed by atoms with E-state index in [0.717, 1.165) is 35.5 Å². The van der Waals surface area contributed by atoms with E-state index in [1.807, 2.05) is 6.92 Å². The maximum Gasteiger partial charge on any atom is 0.277 e. The summed E-state index contributed by atoms with van der Waals surface area (Å²) in [6.07, 6.45) is 3.72. The molecule has 0 radical (unpaired) electrons. The number of carbonyl (C=O) groups is 1. The molecule has 0 bridgehead atoms. The van der Waals surface area contributed by atoms with Gasteiger partial charge in [-0.25, -0.2) is 4.98 Å². The molecule has 27 heavy (non-hydrogen) atoms. The third-order valence-corrected chi connectivity index (χ3v) is 6.19. The molecular weight excluding hydrogens is 344 g/mol. The van der Waals surface area contributed by atoms with Gasteiger partial charge in [-0.05, 0) is 30.7 Å². The number of piperidine rings is 1. The molecule has 8 nitrogen and oxygen atoms in total. The molecule has 8 heteroatoms. The van der Waals surface area contributed by atoms with Crippen molar-refractivity contribution < 1.29 is 4.79 Å². The Balaban J connectivity index is 1.71. The zero-order chi connectivity index (χ0) is 18.9. The van der Waals surface area contributed by atoms with Crippen LogP contribution in [0.1, 0.15) is 40.0 Å². The van der Waals surface area contributed by atoms with Crippen LogP contribution in [0.3, 0.4) is 0 Å². The molecule has 4 N–H and O–H groups in total. The van der Waals surface area contributed by atoms with Crippen molar-refractivity contribution in [3.05, 3.63) is 45.0 Å². The molecule has 5 heterocycles. The zero-order valence-corrected chi connectivity index (χ0v) is 15.4. The molecule has 3 aliphatic rings. The van der Waals surface area contributed by atoms with Crippen molar-refractivity contribution in [1.82, 2.24) is 19.8 Å². The van der Waals surface area contributed by atoms with Crippen LogP contribution in [0.2, 0.25) is 0 Å². The molecule has 1 amide bonds. The van der Waals surface area contributed by atoms with Gasteiger partial charge in [0.2, 0.25) is 0 Å². The summed E-state index contributed by atoms with van der Waals surface area (Å²) in [6.45, 7) is 3.59. The van der Waals surface area contributed by atoms with Crippen LogP contribution in [0, 0.1) is 6.92 Å². The molecule has 0 aromatic carbocycles. The zero-order valence-electron chi connectivity index (χ0n) is 15.4. The normalized spacial score (nSPS) is 19.9. The number of nitrogens with zero attached hydrogens (tertiary/aromatic N) is 3. The number of fused-ring (bicyclic) bond motifs is 4. The van der Waals surface area contributed by atoms with Crippen LogP contribution in [0.25, 0.3) is 0 Å². The quantitative estimate of drug-likeness (QED) is 0.546. The second-order valence-electron chi connectivity index (χ2n) is 7.82. The highest BCUT2D eigenvalue weighted by atomic mass is 16.2. The number of amides is 1. The first-order chi connectivity index (χ1) is 12.9. The summed E-state index contributed by atoms with van der Waals surface area (Å²) in [5, 5.41) is 6.39. The molecular formula is C19H22N6O2. The molecule has 3 aliphatic heterocycles. The van der Waals surface area contributed by atoms with Crippen LogP contribution in [0.5, 0.6) is 0 Å². The van der Waals surface area contributed by atoms with Crippen molar-refractivity contribution in [2.45, 2.75) is 31.8 Å². The van der Waals surface area contributed by atoms with Crippen LogP contribution in [0.4, 0.5) is 17.2 Å². The Labute approximate surface area is 156 Å². The summed E-state index contributed by atoms with van der Waals surface area (Å²) < 4.78 is 1.71. The number of rotatable bonds is 0. The number of pyridine rings is 2. The maximum atomic E-state index is 13.5. The van der Waals surface area contributed by atoms with Crippen LogP contribution >= 0.6 is 0 Å². The maximum absolute atomic E-state index is 13.5. The first-order valence-corrected chi connectivity index (χ1v) is 9.21. The molecule has 0 unspecified atom stereocenters. The summed E-state index contributed by atoms with van der Waals surface area (Å²) in [5.74, 6) is 0.254. The van der Waals surface area contributed by atoms with E-state index < -0.39 is 5.66 Å². The number of likely N-dealkylation sites (tertiary alicyclic amines) is 1. The topological polar surface area (TPSA) is 105 Å². The van der Waals surface area contributed by atoms with Gasteiger partial charge in [-0.15, -0.1) is 0 Å². The number of hydrogen-bond acceptors (Lipinski definition) is 6. The Morgan fingerprint density at radius 1 is 1.26 bits per heavy atom. The average molecular weight is 366 g/mol. The summed E-state index contributed by atoms with van der Waals surface area (Å²) in [6, 6.07) is 1.75. The van der Waals surface area contributed by atoms with Gasteiger partial charge in [0.15, 0.2) is 0 Å². The smallest absolute Gasteiger partial charge is 0.277 e. The summed E-state index contributed by atoms with van der Waals surface area (Å²) in [7, 11) is 2.06. The number of aromatic nitrogens is 2. The Morgan fingerprint density at radius 2 is 2.00 bits per heavy atom. The molecule has 2 aromatic heterocycles. The largest absolute Gasteiger partial charge is 0.384 e. The Hall–Kier alpha value is -2.87. The summed E-state index contributed by atoms with van der Waals surface area (Å²) in [5.41, 5.74) is 9.57. The molecule has 0 saturated carbocycles. The Kier molecular flexibility index (Phi) is 3.22. The van der Waals surface area contributed by atoms with Crippen molar-refractivity contribution in [2.75, 3.05) is 31.2 Å². The van der Waals surface area contributed by atoms with Gasteiger partial charge < -0.3 is 21.3 Å². The lowest BCUT2D eigenvalue weighted by Crippen LogP contribution is -2.54. The third-order valence-electron chi connectivity index (χ3n) is 6.19. The fraction of sp³-hybridized carbons (Fsp3) is 0.421. The fourth-order valence-corrected chi connectivity index (χ4v) is 4.62. The SMILES string of the molecule is Cc1c2c(c(=O)n3c1C(=O)NC31CCN(C)CC1)Nc1cc(N)ncc1C2. The predicted octanol–water partition coefficient (Wildman–Crippen LogP) is 0.904. The first kappa shape index (κ1) is 16.3. The van der Waals surface area contributed by atoms with E-state index in [0.29, 0.717) is 36.5 Å². The second kappa shape index (κ2) is 5.32. The van der Waals surface area contributed by atoms with Gasteiger partial charge in [0, 0.05) is 50.3 Å². The van der Waals surface area contributed by atoms with Gasteiger partial charge in [0.05, 0.1) is 0 Å². The molecule has 1 spiro atoms. The molecule has 0 aliphatic carbocycles. The molecule has 1 saturated heterocycles. The lowest BCUT2D eigenvalue weighted by molar-refractivity contribution is 0.0799. The van der Waals surface area contributed by atoms with Gasteiger partial charge in [0.25, 0.3) is 11.5 Å². The van der Waals surface area contributed by atoms with Crippen molar-refractivity contribution in [1.29, 1.82) is 0 Å². The summed E-state index contributed by atoms with van der Waals surface area (Å²) in [4.78, 5) is 32.7. The van der Waals surface area contributed by atoms with Crippen LogP contribution in [-0.4, -0.2) is 40.5 Å². The highest BCUT2D eigenvalue weighted by molar-refractivity contribution is 5.98. The van der Waals surface area contributed by atoms with Crippen LogP contribution in [0.15, 0.2) is 17.1 Å². The Bertz CT molecular complexity index is 1050. The van der Waals surface area contributed by atoms with Crippen molar-refractivity contribution in [3.8, 4) is 0 Å². The number of hydrogen-bond donors (Lipinski definition) is 3. The molecule has 5 rings (SSSR count). The second-order valence-corrected chi connectivity index (χ2v) is 7.82. The first-order valence-electron chi connectivity index (χ1n) is 9.21. The average Bonchev–Trinajstić information content (AvgIpc) is 2.93. The lowest BCUT2D eigenvalue weighted by atomic mass is 9.93. The molecule has 1 fully saturated rings. The van der Waals surface area contributed by atoms with Crippen LogP contribution < -0.4 is 21.9 Å². The summed E-state index contributed by atoms with van der Waals surface area (Å²) >= 11 is 0. The van der Waals surface area contributed by atoms with E-state index in [1.54, 1.807) is 16.8 Å². The van der Waals surface area contributed by atoms with E-state index >= 15 is 0 Å². The standard InChI is InChI=1S/C19H22N6O2/c1-10-12-7-11-9-21-14(20)8-13(11)22-15(12)18(27)25-16(10)17(26)23-19(25)3-5-24(2)6-4-19/h8-9,22H,3-7H2,1-2H3,(H2,20,21)(H,23,26). The van der Waals surface area contributed by atoms with E-state index in [-0.39, 0.29) is 11.5 Å². The van der Waals surface area contributed by atoms with Gasteiger partial charge in [-0.3, -0.25) is 14.2 Å². The minimum atomic E-state index is -0.630. The third kappa shape index (κ3) is 2.16.